The van der Waals surface area contributed by atoms with Crippen molar-refractivity contribution in [3.05, 3.63) is 75.7 Å². The number of halogens is 1. The molecule has 0 unspecified atom stereocenters. The van der Waals surface area contributed by atoms with Gasteiger partial charge in [-0.1, -0.05) is 34.0 Å². The van der Waals surface area contributed by atoms with Crippen molar-refractivity contribution in [3.8, 4) is 28.1 Å². The van der Waals surface area contributed by atoms with Crippen LogP contribution in [0.3, 0.4) is 0 Å². The predicted molar refractivity (Wildman–Crippen MR) is 142 cm³/mol. The van der Waals surface area contributed by atoms with E-state index in [0.29, 0.717) is 17.3 Å². The number of aryl methyl sites for hydroxylation is 4. The highest BCUT2D eigenvalue weighted by atomic mass is 35.5. The van der Waals surface area contributed by atoms with E-state index >= 15 is 0 Å². The molecule has 2 aromatic carbocycles. The number of ether oxygens (including phenoxy) is 1. The van der Waals surface area contributed by atoms with Gasteiger partial charge in [0, 0.05) is 44.4 Å². The van der Waals surface area contributed by atoms with E-state index < -0.39 is 0 Å². The van der Waals surface area contributed by atoms with Crippen molar-refractivity contribution in [2.45, 2.75) is 34.1 Å². The third-order valence-corrected chi connectivity index (χ3v) is 6.96. The Balaban J connectivity index is 1.55. The molecule has 0 radical (unpaired) electrons. The standard InChI is InChI=1S/C28H24ClN5O3/c1-13-25(15(3)37-33-13)21-11-22-20(12-24(21)35-5)26-23(30-16(4)31-28(26)32-22)10-19-14(2)36-34-27(19)17-6-8-18(29)9-7-17/h6-9,11-12H,10H2,1-5H3,(H,30,31,32). The van der Waals surface area contributed by atoms with Crippen LogP contribution in [0.25, 0.3) is 44.3 Å². The lowest BCUT2D eigenvalue weighted by molar-refractivity contribution is 0.393. The molecular weight excluding hydrogens is 490 g/mol. The highest BCUT2D eigenvalue weighted by Crippen LogP contribution is 2.40. The summed E-state index contributed by atoms with van der Waals surface area (Å²) in [6, 6.07) is 11.7. The SMILES string of the molecule is COc1cc2c(cc1-c1c(C)noc1C)[nH]c1nc(C)nc(Cc3c(-c4ccc(Cl)cc4)noc3C)c12. The first-order valence-corrected chi connectivity index (χ1v) is 12.2. The normalized spacial score (nSPS) is 11.6. The van der Waals surface area contributed by atoms with Gasteiger partial charge in [0.2, 0.25) is 0 Å². The monoisotopic (exact) mass is 513 g/mol. The first-order chi connectivity index (χ1) is 17.8. The molecular formula is C28H24ClN5O3. The summed E-state index contributed by atoms with van der Waals surface area (Å²) in [5.74, 6) is 2.87. The predicted octanol–water partition coefficient (Wildman–Crippen LogP) is 6.91. The lowest BCUT2D eigenvalue weighted by Crippen LogP contribution is -2.00. The maximum absolute atomic E-state index is 6.10. The molecule has 9 heteroatoms. The molecule has 37 heavy (non-hydrogen) atoms. The van der Waals surface area contributed by atoms with Crippen molar-refractivity contribution in [1.82, 2.24) is 25.3 Å². The van der Waals surface area contributed by atoms with Crippen LogP contribution in [0, 0.1) is 27.7 Å². The molecule has 6 rings (SSSR count). The first kappa shape index (κ1) is 23.2. The summed E-state index contributed by atoms with van der Waals surface area (Å²) in [6.45, 7) is 7.63. The highest BCUT2D eigenvalue weighted by Gasteiger charge is 2.22. The van der Waals surface area contributed by atoms with Gasteiger partial charge in [-0.15, -0.1) is 0 Å². The quantitative estimate of drug-likeness (QED) is 0.267. The Bertz CT molecular complexity index is 1780. The molecule has 0 saturated heterocycles. The molecule has 0 aliphatic carbocycles. The number of benzene rings is 2. The third-order valence-electron chi connectivity index (χ3n) is 6.71. The Morgan fingerprint density at radius 3 is 2.41 bits per heavy atom. The molecule has 4 heterocycles. The Morgan fingerprint density at radius 2 is 1.70 bits per heavy atom. The van der Waals surface area contributed by atoms with E-state index in [1.807, 2.05) is 58.0 Å². The Kier molecular flexibility index (Phi) is 5.49. The van der Waals surface area contributed by atoms with Gasteiger partial charge in [-0.3, -0.25) is 0 Å². The van der Waals surface area contributed by atoms with Crippen molar-refractivity contribution >= 4 is 33.5 Å². The highest BCUT2D eigenvalue weighted by molar-refractivity contribution is 6.30. The van der Waals surface area contributed by atoms with E-state index in [1.165, 1.54) is 0 Å². The van der Waals surface area contributed by atoms with Gasteiger partial charge in [-0.2, -0.15) is 0 Å². The van der Waals surface area contributed by atoms with Gasteiger partial charge in [0.15, 0.2) is 0 Å². The van der Waals surface area contributed by atoms with Crippen LogP contribution in [-0.2, 0) is 6.42 Å². The fraction of sp³-hybridized carbons (Fsp3) is 0.214. The van der Waals surface area contributed by atoms with Gasteiger partial charge < -0.3 is 18.8 Å². The molecule has 0 bridgehead atoms. The zero-order valence-electron chi connectivity index (χ0n) is 21.1. The second-order valence-corrected chi connectivity index (χ2v) is 9.55. The number of aromatic nitrogens is 5. The minimum atomic E-state index is 0.522. The maximum atomic E-state index is 6.10. The molecule has 0 fully saturated rings. The van der Waals surface area contributed by atoms with Crippen LogP contribution in [0.15, 0.2) is 45.4 Å². The zero-order valence-corrected chi connectivity index (χ0v) is 21.8. The summed E-state index contributed by atoms with van der Waals surface area (Å²) in [5.41, 5.74) is 7.87. The summed E-state index contributed by atoms with van der Waals surface area (Å²) < 4.78 is 16.9. The molecule has 6 aromatic rings. The summed E-state index contributed by atoms with van der Waals surface area (Å²) in [4.78, 5) is 13.1. The molecule has 0 atom stereocenters. The van der Waals surface area contributed by atoms with E-state index in [9.17, 15) is 0 Å². The van der Waals surface area contributed by atoms with Gasteiger partial charge in [-0.25, -0.2) is 9.97 Å². The fourth-order valence-corrected chi connectivity index (χ4v) is 5.11. The zero-order chi connectivity index (χ0) is 25.8. The molecule has 8 nitrogen and oxygen atoms in total. The number of nitrogens with zero attached hydrogens (tertiary/aromatic N) is 4. The lowest BCUT2D eigenvalue weighted by atomic mass is 9.98. The first-order valence-electron chi connectivity index (χ1n) is 11.8. The number of hydrogen-bond acceptors (Lipinski definition) is 7. The Labute approximate surface area is 217 Å². The molecule has 0 aliphatic heterocycles. The Morgan fingerprint density at radius 1 is 0.946 bits per heavy atom. The van der Waals surface area contributed by atoms with Crippen LogP contribution in [0.5, 0.6) is 5.75 Å². The molecule has 186 valence electrons. The van der Waals surface area contributed by atoms with Gasteiger partial charge >= 0.3 is 0 Å². The molecule has 0 spiro atoms. The van der Waals surface area contributed by atoms with Gasteiger partial charge in [0.1, 0.15) is 34.4 Å². The summed E-state index contributed by atoms with van der Waals surface area (Å²) in [6.07, 6.45) is 0.522. The van der Waals surface area contributed by atoms with Gasteiger partial charge in [-0.05, 0) is 52.0 Å². The second-order valence-electron chi connectivity index (χ2n) is 9.11. The maximum Gasteiger partial charge on any atom is 0.142 e. The third kappa shape index (κ3) is 3.84. The largest absolute Gasteiger partial charge is 0.496 e. The number of aromatic amines is 1. The number of rotatable bonds is 5. The summed E-state index contributed by atoms with van der Waals surface area (Å²) in [5, 5.41) is 11.0. The average Bonchev–Trinajstić information content (AvgIpc) is 3.53. The topological polar surface area (TPSA) is 103 Å². The van der Waals surface area contributed by atoms with E-state index in [4.69, 9.17) is 35.4 Å². The fourth-order valence-electron chi connectivity index (χ4n) is 4.98. The molecule has 0 aliphatic rings. The van der Waals surface area contributed by atoms with Crippen LogP contribution in [0.4, 0.5) is 0 Å². The number of fused-ring (bicyclic) bond motifs is 3. The van der Waals surface area contributed by atoms with Crippen molar-refractivity contribution in [2.75, 3.05) is 7.11 Å². The van der Waals surface area contributed by atoms with Crippen LogP contribution >= 0.6 is 11.6 Å². The van der Waals surface area contributed by atoms with Crippen LogP contribution < -0.4 is 4.74 Å². The average molecular weight is 514 g/mol. The smallest absolute Gasteiger partial charge is 0.142 e. The molecule has 0 saturated carbocycles. The van der Waals surface area contributed by atoms with E-state index in [1.54, 1.807) is 7.11 Å². The van der Waals surface area contributed by atoms with E-state index in [0.717, 1.165) is 78.5 Å². The molecule has 4 aromatic heterocycles. The van der Waals surface area contributed by atoms with E-state index in [-0.39, 0.29) is 0 Å². The van der Waals surface area contributed by atoms with E-state index in [2.05, 4.69) is 21.4 Å². The van der Waals surface area contributed by atoms with Crippen LogP contribution in [0.1, 0.15) is 34.3 Å². The second kappa shape index (κ2) is 8.74. The number of H-pyrrole nitrogens is 1. The number of methoxy groups -OCH3 is 1. The molecule has 1 N–H and O–H groups in total. The van der Waals surface area contributed by atoms with Crippen molar-refractivity contribution in [2.24, 2.45) is 0 Å². The van der Waals surface area contributed by atoms with Gasteiger partial charge in [0.25, 0.3) is 0 Å². The minimum absolute atomic E-state index is 0.522. The van der Waals surface area contributed by atoms with Crippen molar-refractivity contribution in [3.63, 3.8) is 0 Å². The lowest BCUT2D eigenvalue weighted by Gasteiger charge is -2.10. The molecule has 0 amide bonds. The van der Waals surface area contributed by atoms with Crippen LogP contribution in [-0.4, -0.2) is 32.4 Å². The summed E-state index contributed by atoms with van der Waals surface area (Å²) in [7, 11) is 1.66. The van der Waals surface area contributed by atoms with Crippen molar-refractivity contribution < 1.29 is 13.8 Å². The van der Waals surface area contributed by atoms with Gasteiger partial charge in [0.05, 0.1) is 24.1 Å². The number of hydrogen-bond donors (Lipinski definition) is 1. The van der Waals surface area contributed by atoms with Crippen LogP contribution in [0.2, 0.25) is 5.02 Å². The summed E-state index contributed by atoms with van der Waals surface area (Å²) >= 11 is 6.10. The van der Waals surface area contributed by atoms with Crippen molar-refractivity contribution in [1.29, 1.82) is 0 Å². The Hall–Kier alpha value is -4.17. The number of nitrogens with one attached hydrogen (secondary N) is 1. The minimum Gasteiger partial charge on any atom is -0.496 e.